The number of alkyl halides is 3. The summed E-state index contributed by atoms with van der Waals surface area (Å²) in [7, 11) is 0. The predicted octanol–water partition coefficient (Wildman–Crippen LogP) is 3.23. The van der Waals surface area contributed by atoms with Crippen LogP contribution >= 0.6 is 0 Å². The van der Waals surface area contributed by atoms with Crippen LogP contribution in [0.4, 0.5) is 13.2 Å². The number of ketones is 1. The summed E-state index contributed by atoms with van der Waals surface area (Å²) in [5.74, 6) is -3.77. The number of aromatic nitrogens is 1. The fourth-order valence-corrected chi connectivity index (χ4v) is 2.05. The number of hydrogen-bond donors (Lipinski definition) is 2. The van der Waals surface area contributed by atoms with E-state index in [9.17, 15) is 22.8 Å². The Labute approximate surface area is 111 Å². The summed E-state index contributed by atoms with van der Waals surface area (Å²) in [6, 6.07) is 2.86. The maximum Gasteiger partial charge on any atom is 0.454 e. The quantitative estimate of drug-likeness (QED) is 0.832. The normalized spacial score (nSPS) is 11.8. The van der Waals surface area contributed by atoms with Gasteiger partial charge >= 0.3 is 12.1 Å². The van der Waals surface area contributed by atoms with E-state index in [2.05, 4.69) is 4.98 Å². The van der Waals surface area contributed by atoms with Crippen molar-refractivity contribution in [2.24, 2.45) is 0 Å². The van der Waals surface area contributed by atoms with E-state index in [0.29, 0.717) is 5.56 Å². The summed E-state index contributed by atoms with van der Waals surface area (Å²) >= 11 is 0. The third-order valence-corrected chi connectivity index (χ3v) is 3.20. The van der Waals surface area contributed by atoms with Gasteiger partial charge in [0.25, 0.3) is 5.78 Å². The highest BCUT2D eigenvalue weighted by Crippen LogP contribution is 2.32. The summed E-state index contributed by atoms with van der Waals surface area (Å²) in [6.45, 7) is 3.38. The van der Waals surface area contributed by atoms with Gasteiger partial charge in [0.1, 0.15) is 5.69 Å². The lowest BCUT2D eigenvalue weighted by atomic mass is 10.0. The highest BCUT2D eigenvalue weighted by atomic mass is 19.4. The van der Waals surface area contributed by atoms with E-state index in [4.69, 9.17) is 5.11 Å². The van der Waals surface area contributed by atoms with E-state index in [-0.39, 0.29) is 10.9 Å². The molecule has 0 bridgehead atoms. The summed E-state index contributed by atoms with van der Waals surface area (Å²) in [6.07, 6.45) is -5.13. The molecule has 0 fully saturated rings. The number of fused-ring (bicyclic) bond motifs is 1. The SMILES string of the molecule is Cc1ccc2c(C(=O)C(F)(F)F)c(C(=O)O)[nH]c2c1C. The van der Waals surface area contributed by atoms with Crippen LogP contribution in [0.25, 0.3) is 10.9 Å². The first-order chi connectivity index (χ1) is 9.14. The molecule has 2 aromatic rings. The van der Waals surface area contributed by atoms with Gasteiger partial charge in [-0.05, 0) is 25.0 Å². The van der Waals surface area contributed by atoms with Gasteiger partial charge in [-0.2, -0.15) is 13.2 Å². The molecule has 0 saturated carbocycles. The highest BCUT2D eigenvalue weighted by Gasteiger charge is 2.43. The largest absolute Gasteiger partial charge is 0.477 e. The summed E-state index contributed by atoms with van der Waals surface area (Å²) < 4.78 is 37.8. The van der Waals surface area contributed by atoms with Gasteiger partial charge in [0.05, 0.1) is 11.1 Å². The molecule has 0 spiro atoms. The Morgan fingerprint density at radius 3 is 2.30 bits per heavy atom. The Morgan fingerprint density at radius 1 is 1.20 bits per heavy atom. The van der Waals surface area contributed by atoms with E-state index in [1.807, 2.05) is 0 Å². The predicted molar refractivity (Wildman–Crippen MR) is 65.1 cm³/mol. The molecule has 1 aromatic heterocycles. The smallest absolute Gasteiger partial charge is 0.454 e. The van der Waals surface area contributed by atoms with Crippen LogP contribution in [-0.4, -0.2) is 28.0 Å². The Hall–Kier alpha value is -2.31. The molecule has 0 radical (unpaired) electrons. The minimum Gasteiger partial charge on any atom is -0.477 e. The Kier molecular flexibility index (Phi) is 3.08. The molecule has 2 rings (SSSR count). The van der Waals surface area contributed by atoms with Crippen LogP contribution in [0.15, 0.2) is 12.1 Å². The second-order valence-corrected chi connectivity index (χ2v) is 4.44. The van der Waals surface area contributed by atoms with E-state index in [0.717, 1.165) is 5.56 Å². The van der Waals surface area contributed by atoms with Crippen LogP contribution in [0, 0.1) is 13.8 Å². The lowest BCUT2D eigenvalue weighted by molar-refractivity contribution is -0.0884. The first-order valence-electron chi connectivity index (χ1n) is 5.61. The van der Waals surface area contributed by atoms with Crippen molar-refractivity contribution in [2.45, 2.75) is 20.0 Å². The van der Waals surface area contributed by atoms with E-state index >= 15 is 0 Å². The lowest BCUT2D eigenvalue weighted by Gasteiger charge is -2.06. The molecule has 1 heterocycles. The first kappa shape index (κ1) is 14.1. The second kappa shape index (κ2) is 4.36. The molecule has 7 heteroatoms. The average Bonchev–Trinajstić information content (AvgIpc) is 2.71. The number of aryl methyl sites for hydroxylation is 2. The molecule has 0 unspecified atom stereocenters. The molecule has 0 atom stereocenters. The monoisotopic (exact) mass is 285 g/mol. The van der Waals surface area contributed by atoms with Gasteiger partial charge in [0.2, 0.25) is 0 Å². The molecule has 1 aromatic carbocycles. The van der Waals surface area contributed by atoms with Crippen LogP contribution in [0.5, 0.6) is 0 Å². The first-order valence-corrected chi connectivity index (χ1v) is 5.61. The summed E-state index contributed by atoms with van der Waals surface area (Å²) in [5.41, 5.74) is 0.0297. The molecule has 4 nitrogen and oxygen atoms in total. The van der Waals surface area contributed by atoms with Gasteiger partial charge in [-0.25, -0.2) is 4.79 Å². The number of halogens is 3. The van der Waals surface area contributed by atoms with Crippen molar-refractivity contribution in [3.8, 4) is 0 Å². The number of carboxylic acid groups (broad SMARTS) is 1. The number of carbonyl (C=O) groups is 2. The fourth-order valence-electron chi connectivity index (χ4n) is 2.05. The minimum atomic E-state index is -5.13. The summed E-state index contributed by atoms with van der Waals surface area (Å²) in [5, 5.41) is 8.96. The number of nitrogens with one attached hydrogen (secondary N) is 1. The molecule has 20 heavy (non-hydrogen) atoms. The average molecular weight is 285 g/mol. The van der Waals surface area contributed by atoms with Crippen molar-refractivity contribution < 1.29 is 27.9 Å². The van der Waals surface area contributed by atoms with Crippen molar-refractivity contribution in [3.05, 3.63) is 34.5 Å². The third-order valence-electron chi connectivity index (χ3n) is 3.20. The zero-order valence-corrected chi connectivity index (χ0v) is 10.6. The molecule has 0 aliphatic heterocycles. The van der Waals surface area contributed by atoms with Crippen molar-refractivity contribution >= 4 is 22.7 Å². The number of hydrogen-bond acceptors (Lipinski definition) is 2. The van der Waals surface area contributed by atoms with Crippen molar-refractivity contribution in [1.82, 2.24) is 4.98 Å². The summed E-state index contributed by atoms with van der Waals surface area (Å²) in [4.78, 5) is 24.9. The second-order valence-electron chi connectivity index (χ2n) is 4.44. The molecule has 2 N–H and O–H groups in total. The molecule has 0 aliphatic carbocycles. The third kappa shape index (κ3) is 2.04. The van der Waals surface area contributed by atoms with Crippen LogP contribution in [0.3, 0.4) is 0 Å². The van der Waals surface area contributed by atoms with Gasteiger partial charge in [0.15, 0.2) is 0 Å². The maximum absolute atomic E-state index is 12.6. The van der Waals surface area contributed by atoms with Crippen LogP contribution in [0.2, 0.25) is 0 Å². The number of aromatic carboxylic acids is 1. The van der Waals surface area contributed by atoms with Crippen molar-refractivity contribution in [3.63, 3.8) is 0 Å². The zero-order chi connectivity index (χ0) is 15.2. The number of Topliss-reactive ketones (excluding diaryl/α,β-unsaturated/α-hetero) is 1. The number of carboxylic acids is 1. The molecular formula is C13H10F3NO3. The van der Waals surface area contributed by atoms with E-state index < -0.39 is 29.2 Å². The number of H-pyrrole nitrogens is 1. The lowest BCUT2D eigenvalue weighted by Crippen LogP contribution is -2.24. The number of aromatic amines is 1. The Morgan fingerprint density at radius 2 is 1.80 bits per heavy atom. The van der Waals surface area contributed by atoms with Crippen molar-refractivity contribution in [2.75, 3.05) is 0 Å². The standard InChI is InChI=1S/C13H10F3NO3/c1-5-3-4-7-8(11(18)13(14,15)16)10(12(19)20)17-9(7)6(5)2/h3-4,17H,1-2H3,(H,19,20). The Balaban J connectivity index is 2.88. The van der Waals surface area contributed by atoms with Gasteiger partial charge in [-0.1, -0.05) is 12.1 Å². The molecule has 0 aliphatic rings. The number of carbonyl (C=O) groups excluding carboxylic acids is 1. The maximum atomic E-state index is 12.6. The van der Waals surface area contributed by atoms with Crippen molar-refractivity contribution in [1.29, 1.82) is 0 Å². The van der Waals surface area contributed by atoms with Crippen LogP contribution in [0.1, 0.15) is 32.0 Å². The van der Waals surface area contributed by atoms with Crippen LogP contribution < -0.4 is 0 Å². The fraction of sp³-hybridized carbons (Fsp3) is 0.231. The van der Waals surface area contributed by atoms with Gasteiger partial charge < -0.3 is 10.1 Å². The van der Waals surface area contributed by atoms with Gasteiger partial charge in [-0.3, -0.25) is 4.79 Å². The van der Waals surface area contributed by atoms with Crippen LogP contribution in [-0.2, 0) is 0 Å². The molecule has 0 amide bonds. The van der Waals surface area contributed by atoms with E-state index in [1.165, 1.54) is 6.07 Å². The molecule has 0 saturated heterocycles. The van der Waals surface area contributed by atoms with Gasteiger partial charge in [0, 0.05) is 5.39 Å². The number of rotatable bonds is 2. The molecule has 106 valence electrons. The number of benzene rings is 1. The topological polar surface area (TPSA) is 70.2 Å². The Bertz CT molecular complexity index is 729. The zero-order valence-electron chi connectivity index (χ0n) is 10.6. The minimum absolute atomic E-state index is 0.0344. The highest BCUT2D eigenvalue weighted by molar-refractivity contribution is 6.17. The van der Waals surface area contributed by atoms with Gasteiger partial charge in [-0.15, -0.1) is 0 Å². The van der Waals surface area contributed by atoms with E-state index in [1.54, 1.807) is 19.9 Å². The molecular weight excluding hydrogens is 275 g/mol.